The third kappa shape index (κ3) is 3.35. The molecule has 1 fully saturated rings. The average molecular weight is 379 g/mol. The van der Waals surface area contributed by atoms with Crippen molar-refractivity contribution in [1.29, 1.82) is 0 Å². The molecule has 1 atom stereocenters. The summed E-state index contributed by atoms with van der Waals surface area (Å²) < 4.78 is 27.1. The van der Waals surface area contributed by atoms with Gasteiger partial charge in [0.15, 0.2) is 5.60 Å². The number of carbonyl (C=O) groups is 1. The smallest absolute Gasteiger partial charge is 0.271 e. The van der Waals surface area contributed by atoms with E-state index in [0.29, 0.717) is 25.1 Å². The van der Waals surface area contributed by atoms with Gasteiger partial charge in [-0.15, -0.1) is 0 Å². The molecule has 0 saturated carbocycles. The molecule has 0 aliphatic carbocycles. The van der Waals surface area contributed by atoms with Crippen molar-refractivity contribution < 1.29 is 18.0 Å². The van der Waals surface area contributed by atoms with E-state index in [1.54, 1.807) is 36.2 Å². The molecule has 0 bridgehead atoms. The SMILES string of the molecule is Cc1ccc(S(=O)(=O)N2CCC3(CC(C(=O)N(C)C(C)C)=NO3)C2)cc1. The van der Waals surface area contributed by atoms with Crippen LogP contribution in [0.15, 0.2) is 34.3 Å². The van der Waals surface area contributed by atoms with E-state index in [-0.39, 0.29) is 23.4 Å². The molecule has 1 saturated heterocycles. The Bertz CT molecular complexity index is 832. The fraction of sp³-hybridized carbons (Fsp3) is 0.556. The van der Waals surface area contributed by atoms with E-state index < -0.39 is 15.6 Å². The highest BCUT2D eigenvalue weighted by Gasteiger charge is 2.50. The van der Waals surface area contributed by atoms with Gasteiger partial charge in [0.2, 0.25) is 10.0 Å². The van der Waals surface area contributed by atoms with E-state index in [4.69, 9.17) is 4.84 Å². The largest absolute Gasteiger partial charge is 0.387 e. The Morgan fingerprint density at radius 3 is 2.58 bits per heavy atom. The molecule has 142 valence electrons. The lowest BCUT2D eigenvalue weighted by atomic mass is 9.96. The molecular formula is C18H25N3O4S. The minimum absolute atomic E-state index is 0.0590. The molecular weight excluding hydrogens is 354 g/mol. The molecule has 1 aromatic rings. The van der Waals surface area contributed by atoms with E-state index >= 15 is 0 Å². The molecule has 2 aliphatic heterocycles. The number of rotatable bonds is 4. The predicted molar refractivity (Wildman–Crippen MR) is 98.3 cm³/mol. The number of benzene rings is 1. The zero-order valence-corrected chi connectivity index (χ0v) is 16.4. The van der Waals surface area contributed by atoms with Crippen LogP contribution in [0.25, 0.3) is 0 Å². The molecule has 0 radical (unpaired) electrons. The highest BCUT2D eigenvalue weighted by atomic mass is 32.2. The third-order valence-electron chi connectivity index (χ3n) is 5.12. The first kappa shape index (κ1) is 18.8. The number of hydrogen-bond acceptors (Lipinski definition) is 5. The second-order valence-electron chi connectivity index (χ2n) is 7.40. The molecule has 1 unspecified atom stereocenters. The molecule has 1 aromatic carbocycles. The van der Waals surface area contributed by atoms with Crippen LogP contribution in [0, 0.1) is 6.92 Å². The summed E-state index contributed by atoms with van der Waals surface area (Å²) in [4.78, 5) is 19.9. The maximum absolute atomic E-state index is 12.9. The molecule has 1 spiro atoms. The number of nitrogens with zero attached hydrogens (tertiary/aromatic N) is 3. The first-order valence-electron chi connectivity index (χ1n) is 8.74. The summed E-state index contributed by atoms with van der Waals surface area (Å²) in [6.45, 7) is 6.32. The van der Waals surface area contributed by atoms with Gasteiger partial charge in [0.05, 0.1) is 11.4 Å². The Kier molecular flexibility index (Phi) is 4.83. The quantitative estimate of drug-likeness (QED) is 0.799. The molecule has 26 heavy (non-hydrogen) atoms. The van der Waals surface area contributed by atoms with Crippen LogP contribution in [0.1, 0.15) is 32.3 Å². The average Bonchev–Trinajstić information content (AvgIpc) is 3.22. The number of amides is 1. The van der Waals surface area contributed by atoms with Gasteiger partial charge in [-0.2, -0.15) is 4.31 Å². The van der Waals surface area contributed by atoms with E-state index in [1.165, 1.54) is 4.31 Å². The van der Waals surface area contributed by atoms with Crippen molar-refractivity contribution >= 4 is 21.6 Å². The molecule has 3 rings (SSSR count). The summed E-state index contributed by atoms with van der Waals surface area (Å²) in [6.07, 6.45) is 0.854. The first-order valence-corrected chi connectivity index (χ1v) is 10.2. The molecule has 0 aromatic heterocycles. The van der Waals surface area contributed by atoms with E-state index in [9.17, 15) is 13.2 Å². The number of oxime groups is 1. The van der Waals surface area contributed by atoms with E-state index in [1.807, 2.05) is 20.8 Å². The van der Waals surface area contributed by atoms with Crippen LogP contribution >= 0.6 is 0 Å². The van der Waals surface area contributed by atoms with Crippen molar-refractivity contribution in [3.05, 3.63) is 29.8 Å². The van der Waals surface area contributed by atoms with Crippen LogP contribution in [0.2, 0.25) is 0 Å². The minimum Gasteiger partial charge on any atom is -0.387 e. The zero-order valence-electron chi connectivity index (χ0n) is 15.6. The normalized spacial score (nSPS) is 23.3. The lowest BCUT2D eigenvalue weighted by molar-refractivity contribution is -0.124. The van der Waals surface area contributed by atoms with Crippen molar-refractivity contribution in [3.63, 3.8) is 0 Å². The van der Waals surface area contributed by atoms with Crippen LogP contribution < -0.4 is 0 Å². The van der Waals surface area contributed by atoms with Crippen LogP contribution in [-0.2, 0) is 19.7 Å². The van der Waals surface area contributed by atoms with Gasteiger partial charge in [0, 0.05) is 32.5 Å². The maximum atomic E-state index is 12.9. The van der Waals surface area contributed by atoms with Crippen LogP contribution in [0.3, 0.4) is 0 Å². The van der Waals surface area contributed by atoms with Gasteiger partial charge in [-0.1, -0.05) is 22.9 Å². The summed E-state index contributed by atoms with van der Waals surface area (Å²) in [5, 5.41) is 3.98. The molecule has 1 amide bonds. The van der Waals surface area contributed by atoms with Crippen molar-refractivity contribution in [2.75, 3.05) is 20.1 Å². The Morgan fingerprint density at radius 1 is 1.31 bits per heavy atom. The molecule has 8 heteroatoms. The Morgan fingerprint density at radius 2 is 1.96 bits per heavy atom. The molecule has 2 aliphatic rings. The number of carbonyl (C=O) groups excluding carboxylic acids is 1. The molecule has 2 heterocycles. The Hall–Kier alpha value is -1.93. The molecule has 7 nitrogen and oxygen atoms in total. The van der Waals surface area contributed by atoms with Crippen molar-refractivity contribution in [2.45, 2.75) is 50.2 Å². The fourth-order valence-corrected chi connectivity index (χ4v) is 4.68. The Labute approximate surface area is 154 Å². The van der Waals surface area contributed by atoms with Gasteiger partial charge in [0.25, 0.3) is 5.91 Å². The van der Waals surface area contributed by atoms with Crippen molar-refractivity contribution in [2.24, 2.45) is 5.16 Å². The van der Waals surface area contributed by atoms with Gasteiger partial charge in [-0.3, -0.25) is 4.79 Å². The number of sulfonamides is 1. The monoisotopic (exact) mass is 379 g/mol. The van der Waals surface area contributed by atoms with Crippen LogP contribution in [0.4, 0.5) is 0 Å². The van der Waals surface area contributed by atoms with Crippen LogP contribution in [-0.4, -0.2) is 61.0 Å². The van der Waals surface area contributed by atoms with Crippen molar-refractivity contribution in [3.8, 4) is 0 Å². The summed E-state index contributed by atoms with van der Waals surface area (Å²) >= 11 is 0. The van der Waals surface area contributed by atoms with E-state index in [0.717, 1.165) is 5.56 Å². The lowest BCUT2D eigenvalue weighted by Crippen LogP contribution is -2.40. The van der Waals surface area contributed by atoms with Gasteiger partial charge >= 0.3 is 0 Å². The van der Waals surface area contributed by atoms with Gasteiger partial charge in [0.1, 0.15) is 5.71 Å². The summed E-state index contributed by atoms with van der Waals surface area (Å²) in [5.74, 6) is -0.170. The van der Waals surface area contributed by atoms with Crippen molar-refractivity contribution in [1.82, 2.24) is 9.21 Å². The standard InChI is InChI=1S/C18H25N3O4S/c1-13(2)20(4)17(22)16-11-18(25-19-16)9-10-21(12-18)26(23,24)15-7-5-14(3)6-8-15/h5-8,13H,9-12H2,1-4H3. The second kappa shape index (κ2) is 6.66. The summed E-state index contributed by atoms with van der Waals surface area (Å²) in [6, 6.07) is 6.87. The molecule has 0 N–H and O–H groups in total. The van der Waals surface area contributed by atoms with E-state index in [2.05, 4.69) is 5.16 Å². The maximum Gasteiger partial charge on any atom is 0.271 e. The Balaban J connectivity index is 1.71. The summed E-state index contributed by atoms with van der Waals surface area (Å²) in [5.41, 5.74) is 0.628. The predicted octanol–water partition coefficient (Wildman–Crippen LogP) is 1.77. The second-order valence-corrected chi connectivity index (χ2v) is 9.34. The van der Waals surface area contributed by atoms with Gasteiger partial charge in [-0.05, 0) is 32.9 Å². The zero-order chi connectivity index (χ0) is 19.1. The minimum atomic E-state index is -3.58. The summed E-state index contributed by atoms with van der Waals surface area (Å²) in [7, 11) is -1.85. The topological polar surface area (TPSA) is 79.3 Å². The fourth-order valence-electron chi connectivity index (χ4n) is 3.17. The third-order valence-corrected chi connectivity index (χ3v) is 6.98. The highest BCUT2D eigenvalue weighted by Crippen LogP contribution is 2.36. The highest BCUT2D eigenvalue weighted by molar-refractivity contribution is 7.89. The van der Waals surface area contributed by atoms with Gasteiger partial charge in [-0.25, -0.2) is 8.42 Å². The lowest BCUT2D eigenvalue weighted by Gasteiger charge is -2.23. The number of aryl methyl sites for hydroxylation is 1. The number of hydrogen-bond donors (Lipinski definition) is 0. The van der Waals surface area contributed by atoms with Crippen LogP contribution in [0.5, 0.6) is 0 Å². The van der Waals surface area contributed by atoms with Gasteiger partial charge < -0.3 is 9.74 Å². The first-order chi connectivity index (χ1) is 12.1.